The molecule has 1 heteroatoms. The monoisotopic (exact) mass is 226 g/mol. The van der Waals surface area contributed by atoms with Crippen molar-refractivity contribution in [2.75, 3.05) is 0 Å². The van der Waals surface area contributed by atoms with Crippen LogP contribution in [0.1, 0.15) is 23.1 Å². The zero-order valence-corrected chi connectivity index (χ0v) is 11.0. The lowest BCUT2D eigenvalue weighted by Crippen LogP contribution is -2.33. The van der Waals surface area contributed by atoms with Gasteiger partial charge in [-0.25, -0.2) is 0 Å². The Labute approximate surface area is 98.7 Å². The standard InChI is InChI=1S/C15H18Si/c1-16(2)10-6-5-8-13-11-12-7-3-4-9-14(12)15(13)16/h3-7,9,11,15H,8,10H2,1-2H3/t15-/m0/s1. The number of hydrogen-bond donors (Lipinski definition) is 0. The second-order valence-electron chi connectivity index (χ2n) is 5.65. The average molecular weight is 226 g/mol. The first-order valence-corrected chi connectivity index (χ1v) is 9.41. The van der Waals surface area contributed by atoms with Crippen molar-refractivity contribution < 1.29 is 0 Å². The molecule has 1 aliphatic heterocycles. The fourth-order valence-electron chi connectivity index (χ4n) is 3.21. The number of hydrogen-bond acceptors (Lipinski definition) is 0. The summed E-state index contributed by atoms with van der Waals surface area (Å²) in [5.74, 6) is 0. The zero-order valence-electron chi connectivity index (χ0n) is 10.0. The van der Waals surface area contributed by atoms with Crippen molar-refractivity contribution in [3.8, 4) is 0 Å². The summed E-state index contributed by atoms with van der Waals surface area (Å²) in [7, 11) is -1.18. The van der Waals surface area contributed by atoms with Crippen LogP contribution in [-0.4, -0.2) is 8.07 Å². The average Bonchev–Trinajstić information content (AvgIpc) is 2.56. The largest absolute Gasteiger partial charge is 0.0908 e. The first kappa shape index (κ1) is 10.1. The normalized spacial score (nSPS) is 25.6. The Morgan fingerprint density at radius 1 is 1.12 bits per heavy atom. The van der Waals surface area contributed by atoms with Gasteiger partial charge in [-0.1, -0.05) is 61.2 Å². The maximum atomic E-state index is 2.53. The summed E-state index contributed by atoms with van der Waals surface area (Å²) in [6, 6.07) is 10.3. The summed E-state index contributed by atoms with van der Waals surface area (Å²) >= 11 is 0. The molecular formula is C15H18Si. The van der Waals surface area contributed by atoms with E-state index in [2.05, 4.69) is 55.6 Å². The summed E-state index contributed by atoms with van der Waals surface area (Å²) in [4.78, 5) is 0. The van der Waals surface area contributed by atoms with Crippen molar-refractivity contribution in [1.29, 1.82) is 0 Å². The molecular weight excluding hydrogens is 208 g/mol. The molecule has 0 N–H and O–H groups in total. The molecule has 0 unspecified atom stereocenters. The van der Waals surface area contributed by atoms with Crippen LogP contribution in [0.2, 0.25) is 19.1 Å². The van der Waals surface area contributed by atoms with E-state index in [1.54, 1.807) is 11.1 Å². The fourth-order valence-corrected chi connectivity index (χ4v) is 6.53. The Morgan fingerprint density at radius 2 is 1.94 bits per heavy atom. The van der Waals surface area contributed by atoms with E-state index in [-0.39, 0.29) is 0 Å². The van der Waals surface area contributed by atoms with Crippen LogP contribution in [-0.2, 0) is 0 Å². The summed E-state index contributed by atoms with van der Waals surface area (Å²) in [5.41, 5.74) is 5.49. The lowest BCUT2D eigenvalue weighted by Gasteiger charge is -2.30. The van der Waals surface area contributed by atoms with Crippen molar-refractivity contribution in [1.82, 2.24) is 0 Å². The maximum absolute atomic E-state index is 2.53. The van der Waals surface area contributed by atoms with Gasteiger partial charge in [0.05, 0.1) is 8.07 Å². The molecule has 82 valence electrons. The predicted molar refractivity (Wildman–Crippen MR) is 73.2 cm³/mol. The molecule has 1 atom stereocenters. The van der Waals surface area contributed by atoms with Crippen molar-refractivity contribution in [2.45, 2.75) is 31.1 Å². The van der Waals surface area contributed by atoms with Crippen LogP contribution >= 0.6 is 0 Å². The predicted octanol–water partition coefficient (Wildman–Crippen LogP) is 4.37. The second-order valence-corrected chi connectivity index (χ2v) is 10.6. The Hall–Kier alpha value is -1.08. The lowest BCUT2D eigenvalue weighted by atomic mass is 10.1. The first-order chi connectivity index (χ1) is 7.68. The molecule has 1 heterocycles. The summed E-state index contributed by atoms with van der Waals surface area (Å²) in [5, 5.41) is 0. The van der Waals surface area contributed by atoms with E-state index in [1.165, 1.54) is 11.6 Å². The van der Waals surface area contributed by atoms with Crippen molar-refractivity contribution in [3.63, 3.8) is 0 Å². The quantitative estimate of drug-likeness (QED) is 0.455. The highest BCUT2D eigenvalue weighted by Crippen LogP contribution is 2.46. The SMILES string of the molecule is C[Si]1(C)CC=CCC2=Cc3ccccc3[C@H]21. The second kappa shape index (κ2) is 3.46. The van der Waals surface area contributed by atoms with Crippen LogP contribution in [0.3, 0.4) is 0 Å². The molecule has 0 saturated heterocycles. The van der Waals surface area contributed by atoms with E-state index in [1.807, 2.05) is 0 Å². The van der Waals surface area contributed by atoms with Gasteiger partial charge in [-0.2, -0.15) is 0 Å². The van der Waals surface area contributed by atoms with Crippen LogP contribution in [0.4, 0.5) is 0 Å². The van der Waals surface area contributed by atoms with Crippen LogP contribution < -0.4 is 0 Å². The maximum Gasteiger partial charge on any atom is 0.0637 e. The van der Waals surface area contributed by atoms with Crippen LogP contribution in [0.25, 0.3) is 6.08 Å². The molecule has 1 aromatic carbocycles. The van der Waals surface area contributed by atoms with E-state index >= 15 is 0 Å². The van der Waals surface area contributed by atoms with Crippen molar-refractivity contribution in [3.05, 3.63) is 53.1 Å². The number of rotatable bonds is 0. The Balaban J connectivity index is 2.15. The van der Waals surface area contributed by atoms with Gasteiger partial charge in [-0.3, -0.25) is 0 Å². The van der Waals surface area contributed by atoms with E-state index < -0.39 is 8.07 Å². The summed E-state index contributed by atoms with van der Waals surface area (Å²) in [6.07, 6.45) is 8.38. The van der Waals surface area contributed by atoms with Crippen LogP contribution in [0, 0.1) is 0 Å². The van der Waals surface area contributed by atoms with Gasteiger partial charge in [-0.15, -0.1) is 0 Å². The smallest absolute Gasteiger partial charge is 0.0637 e. The Morgan fingerprint density at radius 3 is 2.81 bits per heavy atom. The molecule has 1 aromatic rings. The molecule has 0 radical (unpaired) electrons. The lowest BCUT2D eigenvalue weighted by molar-refractivity contribution is 1.03. The molecule has 0 fully saturated rings. The third-order valence-electron chi connectivity index (χ3n) is 3.96. The Bertz CT molecular complexity index is 480. The first-order valence-electron chi connectivity index (χ1n) is 6.13. The van der Waals surface area contributed by atoms with E-state index in [9.17, 15) is 0 Å². The zero-order chi connectivity index (χ0) is 11.2. The molecule has 1 aliphatic carbocycles. The molecule has 16 heavy (non-hydrogen) atoms. The highest BCUT2D eigenvalue weighted by Gasteiger charge is 2.38. The highest BCUT2D eigenvalue weighted by molar-refractivity contribution is 6.80. The topological polar surface area (TPSA) is 0 Å². The van der Waals surface area contributed by atoms with Gasteiger partial charge in [0.15, 0.2) is 0 Å². The fraction of sp³-hybridized carbons (Fsp3) is 0.333. The van der Waals surface area contributed by atoms with Gasteiger partial charge in [-0.05, 0) is 23.6 Å². The third-order valence-corrected chi connectivity index (χ3v) is 7.50. The van der Waals surface area contributed by atoms with Gasteiger partial charge in [0, 0.05) is 5.54 Å². The molecule has 0 amide bonds. The minimum absolute atomic E-state index is 0.763. The summed E-state index contributed by atoms with van der Waals surface area (Å²) in [6.45, 7) is 5.06. The third kappa shape index (κ3) is 1.42. The highest BCUT2D eigenvalue weighted by atomic mass is 28.3. The summed E-state index contributed by atoms with van der Waals surface area (Å²) < 4.78 is 0. The van der Waals surface area contributed by atoms with Gasteiger partial charge in [0.25, 0.3) is 0 Å². The molecule has 2 aliphatic rings. The van der Waals surface area contributed by atoms with Crippen molar-refractivity contribution >= 4 is 14.1 Å². The molecule has 0 aromatic heterocycles. The molecule has 0 nitrogen and oxygen atoms in total. The number of benzene rings is 1. The van der Waals surface area contributed by atoms with E-state index in [0.29, 0.717) is 0 Å². The number of allylic oxidation sites excluding steroid dienone is 3. The van der Waals surface area contributed by atoms with Crippen LogP contribution in [0.5, 0.6) is 0 Å². The van der Waals surface area contributed by atoms with Crippen LogP contribution in [0.15, 0.2) is 42.0 Å². The number of fused-ring (bicyclic) bond motifs is 3. The van der Waals surface area contributed by atoms with Gasteiger partial charge in [0.1, 0.15) is 0 Å². The van der Waals surface area contributed by atoms with E-state index in [0.717, 1.165) is 12.0 Å². The minimum atomic E-state index is -1.18. The molecule has 3 rings (SSSR count). The van der Waals surface area contributed by atoms with Gasteiger partial charge >= 0.3 is 0 Å². The van der Waals surface area contributed by atoms with E-state index in [4.69, 9.17) is 0 Å². The molecule has 0 spiro atoms. The van der Waals surface area contributed by atoms with Crippen molar-refractivity contribution in [2.24, 2.45) is 0 Å². The minimum Gasteiger partial charge on any atom is -0.0908 e. The van der Waals surface area contributed by atoms with Gasteiger partial charge in [0.2, 0.25) is 0 Å². The van der Waals surface area contributed by atoms with Gasteiger partial charge < -0.3 is 0 Å². The Kier molecular flexibility index (Phi) is 2.18. The molecule has 0 bridgehead atoms. The molecule has 0 saturated carbocycles.